The van der Waals surface area contributed by atoms with Crippen molar-refractivity contribution in [2.24, 2.45) is 10.9 Å². The van der Waals surface area contributed by atoms with Gasteiger partial charge in [-0.1, -0.05) is 11.6 Å². The van der Waals surface area contributed by atoms with Gasteiger partial charge in [0, 0.05) is 11.6 Å². The van der Waals surface area contributed by atoms with E-state index >= 15 is 0 Å². The van der Waals surface area contributed by atoms with Crippen LogP contribution in [-0.4, -0.2) is 18.2 Å². The second-order valence-corrected chi connectivity index (χ2v) is 5.51. The molecule has 0 fully saturated rings. The van der Waals surface area contributed by atoms with Gasteiger partial charge in [0.05, 0.1) is 40.0 Å². The van der Waals surface area contributed by atoms with Crippen molar-refractivity contribution in [3.8, 4) is 17.9 Å². The second kappa shape index (κ2) is 8.48. The van der Waals surface area contributed by atoms with Crippen LogP contribution in [0, 0.1) is 32.8 Å². The highest BCUT2D eigenvalue weighted by molar-refractivity contribution is 6.56. The molecule has 0 amide bonds. The Balaban J connectivity index is 2.81. The van der Waals surface area contributed by atoms with E-state index in [1.165, 1.54) is 13.2 Å². The van der Waals surface area contributed by atoms with Crippen molar-refractivity contribution < 1.29 is 9.66 Å². The van der Waals surface area contributed by atoms with Crippen LogP contribution in [0.15, 0.2) is 41.5 Å². The van der Waals surface area contributed by atoms with E-state index in [-0.39, 0.29) is 27.3 Å². The Labute approximate surface area is 159 Å². The molecule has 0 aliphatic carbocycles. The van der Waals surface area contributed by atoms with Gasteiger partial charge in [0.1, 0.15) is 17.9 Å². The summed E-state index contributed by atoms with van der Waals surface area (Å²) in [5.74, 6) is 5.86. The van der Waals surface area contributed by atoms with Gasteiger partial charge in [0.15, 0.2) is 0 Å². The number of ether oxygens (including phenoxy) is 1. The lowest BCUT2D eigenvalue weighted by molar-refractivity contribution is -0.385. The molecule has 9 heteroatoms. The van der Waals surface area contributed by atoms with Crippen LogP contribution in [0.5, 0.6) is 5.75 Å². The number of methoxy groups -OCH3 is 1. The average Bonchev–Trinajstić information content (AvgIpc) is 2.70. The molecular formula is C18H12ClN5O3. The van der Waals surface area contributed by atoms with Crippen LogP contribution in [-0.2, 0) is 0 Å². The summed E-state index contributed by atoms with van der Waals surface area (Å²) in [4.78, 5) is 10.8. The molecule has 2 N–H and O–H groups in total. The summed E-state index contributed by atoms with van der Waals surface area (Å²) in [6.07, 6.45) is 1.15. The summed E-state index contributed by atoms with van der Waals surface area (Å²) in [5, 5.41) is 33.4. The van der Waals surface area contributed by atoms with E-state index in [9.17, 15) is 15.4 Å². The monoisotopic (exact) mass is 381 g/mol. The maximum atomic E-state index is 11.5. The molecule has 8 nitrogen and oxygen atoms in total. The number of nitrogens with zero attached hydrogens (tertiary/aromatic N) is 4. The van der Waals surface area contributed by atoms with Crippen LogP contribution in [0.4, 0.5) is 5.69 Å². The molecule has 0 heterocycles. The van der Waals surface area contributed by atoms with Gasteiger partial charge >= 0.3 is 0 Å². The lowest BCUT2D eigenvalue weighted by atomic mass is 9.96. The van der Waals surface area contributed by atoms with Crippen molar-refractivity contribution in [3.63, 3.8) is 0 Å². The Morgan fingerprint density at radius 1 is 1.26 bits per heavy atom. The minimum atomic E-state index is -0.667. The number of benzene rings is 2. The van der Waals surface area contributed by atoms with Crippen LogP contribution in [0.1, 0.15) is 22.3 Å². The summed E-state index contributed by atoms with van der Waals surface area (Å²) in [7, 11) is 1.52. The summed E-state index contributed by atoms with van der Waals surface area (Å²) < 4.78 is 5.09. The molecule has 0 aromatic heterocycles. The molecule has 2 aromatic rings. The van der Waals surface area contributed by atoms with Gasteiger partial charge in [0.25, 0.3) is 5.69 Å². The highest BCUT2D eigenvalue weighted by Gasteiger charge is 2.23. The van der Waals surface area contributed by atoms with E-state index in [1.54, 1.807) is 30.3 Å². The lowest BCUT2D eigenvalue weighted by Crippen LogP contribution is -2.01. The molecule has 0 unspecified atom stereocenters. The van der Waals surface area contributed by atoms with Crippen LogP contribution in [0.3, 0.4) is 0 Å². The van der Waals surface area contributed by atoms with Gasteiger partial charge in [-0.25, -0.2) is 0 Å². The van der Waals surface area contributed by atoms with Gasteiger partial charge < -0.3 is 10.6 Å². The van der Waals surface area contributed by atoms with E-state index in [1.807, 2.05) is 6.07 Å². The largest absolute Gasteiger partial charge is 0.497 e. The van der Waals surface area contributed by atoms with E-state index in [2.05, 4.69) is 5.10 Å². The van der Waals surface area contributed by atoms with Crippen molar-refractivity contribution in [2.45, 2.75) is 0 Å². The fourth-order valence-corrected chi connectivity index (χ4v) is 2.63. The molecule has 2 aromatic carbocycles. The number of hydrogen-bond donors (Lipinski definition) is 1. The Morgan fingerprint density at radius 2 is 1.85 bits per heavy atom. The molecule has 0 aliphatic heterocycles. The fraction of sp³-hybridized carbons (Fsp3) is 0.0556. The smallest absolute Gasteiger partial charge is 0.278 e. The second-order valence-electron chi connectivity index (χ2n) is 5.13. The fourth-order valence-electron chi connectivity index (χ4n) is 2.35. The number of nitrogens with two attached hydrogens (primary N) is 1. The van der Waals surface area contributed by atoms with Gasteiger partial charge in [-0.05, 0) is 35.9 Å². The third kappa shape index (κ3) is 4.03. The summed E-state index contributed by atoms with van der Waals surface area (Å²) in [6, 6.07) is 12.5. The average molecular weight is 382 g/mol. The first kappa shape index (κ1) is 19.4. The summed E-state index contributed by atoms with van der Waals surface area (Å²) in [6.45, 7) is 0. The first-order valence-electron chi connectivity index (χ1n) is 7.37. The molecule has 0 atom stereocenters. The zero-order valence-corrected chi connectivity index (χ0v) is 14.8. The third-order valence-electron chi connectivity index (χ3n) is 3.65. The number of nitro groups is 1. The predicted molar refractivity (Wildman–Crippen MR) is 101 cm³/mol. The van der Waals surface area contributed by atoms with Crippen LogP contribution in [0.2, 0.25) is 0 Å². The highest BCUT2D eigenvalue weighted by atomic mass is 35.5. The Kier molecular flexibility index (Phi) is 6.10. The zero-order valence-electron chi connectivity index (χ0n) is 14.0. The molecule has 0 saturated heterocycles. The Bertz CT molecular complexity index is 1030. The van der Waals surface area contributed by atoms with Crippen LogP contribution in [0.25, 0.3) is 10.6 Å². The predicted octanol–water partition coefficient (Wildman–Crippen LogP) is 3.40. The normalized spacial score (nSPS) is 11.4. The number of halogens is 1. The Morgan fingerprint density at radius 3 is 2.33 bits per heavy atom. The number of hydrazone groups is 1. The van der Waals surface area contributed by atoms with Gasteiger partial charge in [-0.3, -0.25) is 10.1 Å². The van der Waals surface area contributed by atoms with Gasteiger partial charge in [-0.2, -0.15) is 15.6 Å². The molecule has 0 radical (unpaired) electrons. The molecule has 27 heavy (non-hydrogen) atoms. The quantitative estimate of drug-likeness (QED) is 0.277. The topological polar surface area (TPSA) is 138 Å². The first-order valence-corrected chi connectivity index (χ1v) is 7.75. The van der Waals surface area contributed by atoms with Crippen molar-refractivity contribution in [2.75, 3.05) is 7.11 Å². The highest BCUT2D eigenvalue weighted by Crippen LogP contribution is 2.35. The summed E-state index contributed by atoms with van der Waals surface area (Å²) >= 11 is 6.45. The number of nitro benzene ring substituents is 1. The van der Waals surface area contributed by atoms with E-state index in [4.69, 9.17) is 27.4 Å². The lowest BCUT2D eigenvalue weighted by Gasteiger charge is -2.10. The van der Waals surface area contributed by atoms with E-state index < -0.39 is 10.6 Å². The van der Waals surface area contributed by atoms with Crippen molar-refractivity contribution in [1.82, 2.24) is 0 Å². The number of rotatable bonds is 5. The molecule has 2 rings (SSSR count). The zero-order chi connectivity index (χ0) is 20.0. The van der Waals surface area contributed by atoms with E-state index in [0.29, 0.717) is 11.3 Å². The molecule has 0 spiro atoms. The molecule has 0 aliphatic rings. The van der Waals surface area contributed by atoms with Crippen molar-refractivity contribution in [1.29, 1.82) is 10.5 Å². The van der Waals surface area contributed by atoms with E-state index in [0.717, 1.165) is 12.3 Å². The molecular weight excluding hydrogens is 370 g/mol. The maximum Gasteiger partial charge on any atom is 0.278 e. The minimum Gasteiger partial charge on any atom is -0.497 e. The van der Waals surface area contributed by atoms with Crippen molar-refractivity contribution >= 4 is 34.1 Å². The molecule has 134 valence electrons. The molecule has 0 bridgehead atoms. The van der Waals surface area contributed by atoms with Crippen molar-refractivity contribution in [3.05, 3.63) is 68.8 Å². The molecule has 0 saturated carbocycles. The number of allylic oxidation sites excluding steroid dienone is 1. The number of hydrogen-bond acceptors (Lipinski definition) is 7. The SMILES string of the molecule is COc1ccc(/C(Cl)=C(\C=N\N)c2cc(C#N)c(C#N)cc2[N+](=O)[O-])cc1. The Hall–Kier alpha value is -3.88. The van der Waals surface area contributed by atoms with Gasteiger partial charge in [0.2, 0.25) is 0 Å². The number of nitriles is 2. The van der Waals surface area contributed by atoms with Gasteiger partial charge in [-0.15, -0.1) is 0 Å². The van der Waals surface area contributed by atoms with Crippen LogP contribution >= 0.6 is 11.6 Å². The first-order chi connectivity index (χ1) is 13.0. The maximum absolute atomic E-state index is 11.5. The van der Waals surface area contributed by atoms with Crippen LogP contribution < -0.4 is 10.6 Å². The minimum absolute atomic E-state index is 0.0190. The standard InChI is InChI=1S/C18H12ClN5O3/c1-27-14-4-2-11(3-5-14)18(19)16(10-23-22)15-6-12(8-20)13(9-21)7-17(15)24(25)26/h2-7,10H,22H2,1H3/b18-16-,23-10+. The third-order valence-corrected chi connectivity index (χ3v) is 4.07. The summed E-state index contributed by atoms with van der Waals surface area (Å²) in [5.41, 5.74) is 0.150.